The van der Waals surface area contributed by atoms with Crippen molar-refractivity contribution in [3.8, 4) is 5.75 Å². The smallest absolute Gasteiger partial charge is 0.257 e. The Balaban J connectivity index is 1.58. The van der Waals surface area contributed by atoms with E-state index in [9.17, 15) is 14.4 Å². The molecule has 2 saturated heterocycles. The zero-order valence-electron chi connectivity index (χ0n) is 19.7. The van der Waals surface area contributed by atoms with E-state index in [0.717, 1.165) is 5.56 Å². The first kappa shape index (κ1) is 23.8. The Morgan fingerprint density at radius 1 is 1.09 bits per heavy atom. The van der Waals surface area contributed by atoms with Crippen molar-refractivity contribution < 1.29 is 23.9 Å². The summed E-state index contributed by atoms with van der Waals surface area (Å²) in [4.78, 5) is 42.6. The summed E-state index contributed by atoms with van der Waals surface area (Å²) in [6.45, 7) is 3.27. The minimum Gasteiger partial charge on any atom is -0.497 e. The van der Waals surface area contributed by atoms with Crippen molar-refractivity contribution in [2.45, 2.75) is 44.5 Å². The first-order valence-corrected chi connectivity index (χ1v) is 11.7. The summed E-state index contributed by atoms with van der Waals surface area (Å²) < 4.78 is 11.5. The maximum absolute atomic E-state index is 13.8. The molecule has 2 aliphatic rings. The van der Waals surface area contributed by atoms with Crippen LogP contribution in [0, 0.1) is 0 Å². The van der Waals surface area contributed by atoms with Gasteiger partial charge >= 0.3 is 0 Å². The van der Waals surface area contributed by atoms with Crippen molar-refractivity contribution in [1.82, 2.24) is 15.1 Å². The zero-order valence-corrected chi connectivity index (χ0v) is 19.7. The molecule has 3 amide bonds. The van der Waals surface area contributed by atoms with Crippen molar-refractivity contribution >= 4 is 17.7 Å². The van der Waals surface area contributed by atoms with Crippen molar-refractivity contribution in [3.05, 3.63) is 65.7 Å². The highest BCUT2D eigenvalue weighted by molar-refractivity contribution is 5.98. The number of hydrogen-bond donors (Lipinski definition) is 1. The molecule has 2 aromatic rings. The van der Waals surface area contributed by atoms with Crippen molar-refractivity contribution in [2.75, 3.05) is 26.8 Å². The van der Waals surface area contributed by atoms with E-state index < -0.39 is 11.8 Å². The van der Waals surface area contributed by atoms with Crippen LogP contribution < -0.4 is 10.1 Å². The van der Waals surface area contributed by atoms with Crippen LogP contribution >= 0.6 is 0 Å². The quantitative estimate of drug-likeness (QED) is 0.709. The van der Waals surface area contributed by atoms with Crippen LogP contribution in [-0.2, 0) is 20.9 Å². The molecule has 180 valence electrons. The highest BCUT2D eigenvalue weighted by Gasteiger charge is 2.54. The number of carbonyl (C=O) groups excluding carboxylic acids is 3. The van der Waals surface area contributed by atoms with E-state index >= 15 is 0 Å². The van der Waals surface area contributed by atoms with Gasteiger partial charge < -0.3 is 19.7 Å². The number of hydrogen-bond acceptors (Lipinski definition) is 5. The molecule has 1 unspecified atom stereocenters. The van der Waals surface area contributed by atoms with Gasteiger partial charge in [-0.3, -0.25) is 19.3 Å². The van der Waals surface area contributed by atoms with Gasteiger partial charge in [0.25, 0.3) is 5.91 Å². The molecule has 2 heterocycles. The summed E-state index contributed by atoms with van der Waals surface area (Å²) in [7, 11) is 1.55. The van der Waals surface area contributed by atoms with Crippen LogP contribution in [-0.4, -0.2) is 66.1 Å². The highest BCUT2D eigenvalue weighted by atomic mass is 16.5. The fourth-order valence-electron chi connectivity index (χ4n) is 4.69. The lowest BCUT2D eigenvalue weighted by molar-refractivity contribution is -0.143. The van der Waals surface area contributed by atoms with Gasteiger partial charge in [0.1, 0.15) is 17.5 Å². The number of rotatable bonds is 6. The van der Waals surface area contributed by atoms with E-state index in [4.69, 9.17) is 9.47 Å². The van der Waals surface area contributed by atoms with Gasteiger partial charge in [-0.2, -0.15) is 0 Å². The SMILES string of the molecule is CCC(=O)N1CCC2(CC1)OCC(C(=O)NCc1ccccc1)N2C(=O)c1cccc(OC)c1. The Morgan fingerprint density at radius 3 is 2.50 bits per heavy atom. The molecule has 1 atom stereocenters. The summed E-state index contributed by atoms with van der Waals surface area (Å²) in [6, 6.07) is 15.8. The summed E-state index contributed by atoms with van der Waals surface area (Å²) >= 11 is 0. The predicted octanol–water partition coefficient (Wildman–Crippen LogP) is 2.58. The van der Waals surface area contributed by atoms with E-state index in [2.05, 4.69) is 5.32 Å². The molecule has 2 aromatic carbocycles. The van der Waals surface area contributed by atoms with Crippen LogP contribution in [0.5, 0.6) is 5.75 Å². The standard InChI is InChI=1S/C26H31N3O5/c1-3-23(30)28-14-12-26(13-15-28)29(25(32)20-10-7-11-21(16-20)33-2)22(18-34-26)24(31)27-17-19-8-5-4-6-9-19/h4-11,16,22H,3,12-15,17-18H2,1-2H3,(H,27,31). The molecule has 8 nitrogen and oxygen atoms in total. The van der Waals surface area contributed by atoms with Crippen LogP contribution in [0.4, 0.5) is 0 Å². The highest BCUT2D eigenvalue weighted by Crippen LogP contribution is 2.39. The number of nitrogens with one attached hydrogen (secondary N) is 1. The molecule has 2 fully saturated rings. The van der Waals surface area contributed by atoms with Crippen LogP contribution in [0.15, 0.2) is 54.6 Å². The normalized spacial score (nSPS) is 19.2. The average Bonchev–Trinajstić information content (AvgIpc) is 3.25. The monoisotopic (exact) mass is 465 g/mol. The third kappa shape index (κ3) is 4.77. The Labute approximate surface area is 199 Å². The minimum atomic E-state index is -0.931. The number of carbonyl (C=O) groups is 3. The molecule has 0 saturated carbocycles. The third-order valence-corrected chi connectivity index (χ3v) is 6.61. The molecule has 0 radical (unpaired) electrons. The maximum atomic E-state index is 13.8. The van der Waals surface area contributed by atoms with E-state index in [1.54, 1.807) is 41.2 Å². The molecule has 34 heavy (non-hydrogen) atoms. The van der Waals surface area contributed by atoms with E-state index in [1.165, 1.54) is 0 Å². The van der Waals surface area contributed by atoms with Gasteiger partial charge in [-0.05, 0) is 23.8 Å². The molecule has 0 bridgehead atoms. The Kier molecular flexibility index (Phi) is 7.17. The van der Waals surface area contributed by atoms with Gasteiger partial charge in [0, 0.05) is 44.5 Å². The molecule has 0 aliphatic carbocycles. The van der Waals surface area contributed by atoms with Crippen LogP contribution in [0.3, 0.4) is 0 Å². The molecule has 0 aromatic heterocycles. The van der Waals surface area contributed by atoms with Gasteiger partial charge in [-0.25, -0.2) is 0 Å². The molecular weight excluding hydrogens is 434 g/mol. The van der Waals surface area contributed by atoms with Crippen molar-refractivity contribution in [3.63, 3.8) is 0 Å². The molecule has 2 aliphatic heterocycles. The third-order valence-electron chi connectivity index (χ3n) is 6.61. The summed E-state index contributed by atoms with van der Waals surface area (Å²) in [6.07, 6.45) is 1.35. The number of likely N-dealkylation sites (tertiary alicyclic amines) is 1. The van der Waals surface area contributed by atoms with Crippen molar-refractivity contribution in [2.24, 2.45) is 0 Å². The van der Waals surface area contributed by atoms with Gasteiger partial charge in [-0.15, -0.1) is 0 Å². The fourth-order valence-corrected chi connectivity index (χ4v) is 4.69. The lowest BCUT2D eigenvalue weighted by atomic mass is 9.96. The Morgan fingerprint density at radius 2 is 1.82 bits per heavy atom. The van der Waals surface area contributed by atoms with E-state index in [0.29, 0.717) is 50.2 Å². The molecule has 4 rings (SSSR count). The zero-order chi connectivity index (χ0) is 24.1. The summed E-state index contributed by atoms with van der Waals surface area (Å²) in [5.74, 6) is 0.0969. The number of benzene rings is 2. The number of amides is 3. The number of ether oxygens (including phenoxy) is 2. The Bertz CT molecular complexity index is 1030. The first-order valence-electron chi connectivity index (χ1n) is 11.7. The van der Waals surface area contributed by atoms with Gasteiger partial charge in [-0.1, -0.05) is 43.3 Å². The lowest BCUT2D eigenvalue weighted by Crippen LogP contribution is -2.59. The fraction of sp³-hybridized carbons (Fsp3) is 0.423. The number of nitrogens with zero attached hydrogens (tertiary/aromatic N) is 2. The van der Waals surface area contributed by atoms with E-state index in [-0.39, 0.29) is 24.3 Å². The number of methoxy groups -OCH3 is 1. The average molecular weight is 466 g/mol. The first-order chi connectivity index (χ1) is 16.5. The Hall–Kier alpha value is -3.39. The lowest BCUT2D eigenvalue weighted by Gasteiger charge is -2.44. The second kappa shape index (κ2) is 10.3. The van der Waals surface area contributed by atoms with E-state index in [1.807, 2.05) is 37.3 Å². The predicted molar refractivity (Wildman–Crippen MR) is 126 cm³/mol. The van der Waals surface area contributed by atoms with Crippen molar-refractivity contribution in [1.29, 1.82) is 0 Å². The number of piperidine rings is 1. The van der Waals surface area contributed by atoms with Gasteiger partial charge in [0.2, 0.25) is 11.8 Å². The van der Waals surface area contributed by atoms with Crippen LogP contribution in [0.2, 0.25) is 0 Å². The van der Waals surface area contributed by atoms with Crippen LogP contribution in [0.25, 0.3) is 0 Å². The second-order valence-electron chi connectivity index (χ2n) is 8.62. The molecule has 8 heteroatoms. The second-order valence-corrected chi connectivity index (χ2v) is 8.62. The summed E-state index contributed by atoms with van der Waals surface area (Å²) in [5, 5.41) is 2.96. The molecule has 1 spiro atoms. The molecular formula is C26H31N3O5. The van der Waals surface area contributed by atoms with Gasteiger partial charge in [0.05, 0.1) is 13.7 Å². The largest absolute Gasteiger partial charge is 0.497 e. The van der Waals surface area contributed by atoms with Crippen LogP contribution in [0.1, 0.15) is 42.1 Å². The van der Waals surface area contributed by atoms with Gasteiger partial charge in [0.15, 0.2) is 0 Å². The minimum absolute atomic E-state index is 0.0793. The topological polar surface area (TPSA) is 88.2 Å². The molecule has 1 N–H and O–H groups in total. The summed E-state index contributed by atoms with van der Waals surface area (Å²) in [5.41, 5.74) is 0.470. The maximum Gasteiger partial charge on any atom is 0.257 e.